The standard InChI is InChI=1S/C16H15BrO3S/c17-13-5-2-7-15(11-13)21-9-3-8-20-14-6-1-4-12(10-14)16(18)19/h1-2,4-7,10-11H,3,8-9H2,(H,18,19). The molecule has 0 fully saturated rings. The number of ether oxygens (including phenoxy) is 1. The Hall–Kier alpha value is -1.46. The number of halogens is 1. The lowest BCUT2D eigenvalue weighted by molar-refractivity contribution is 0.0696. The number of aromatic carboxylic acids is 1. The van der Waals surface area contributed by atoms with Gasteiger partial charge in [-0.25, -0.2) is 4.79 Å². The van der Waals surface area contributed by atoms with Crippen LogP contribution in [0.4, 0.5) is 0 Å². The second-order valence-corrected chi connectivity index (χ2v) is 6.42. The minimum absolute atomic E-state index is 0.246. The smallest absolute Gasteiger partial charge is 0.335 e. The van der Waals surface area contributed by atoms with Gasteiger partial charge in [-0.15, -0.1) is 11.8 Å². The van der Waals surface area contributed by atoms with Crippen LogP contribution >= 0.6 is 27.7 Å². The Bertz CT molecular complexity index is 616. The van der Waals surface area contributed by atoms with E-state index in [4.69, 9.17) is 9.84 Å². The summed E-state index contributed by atoms with van der Waals surface area (Å²) in [6.07, 6.45) is 0.897. The highest BCUT2D eigenvalue weighted by atomic mass is 79.9. The Balaban J connectivity index is 1.72. The van der Waals surface area contributed by atoms with E-state index in [1.165, 1.54) is 4.90 Å². The molecule has 2 rings (SSSR count). The Labute approximate surface area is 136 Å². The molecule has 0 atom stereocenters. The number of hydrogen-bond acceptors (Lipinski definition) is 3. The van der Waals surface area contributed by atoms with Crippen molar-refractivity contribution in [2.24, 2.45) is 0 Å². The van der Waals surface area contributed by atoms with E-state index in [0.717, 1.165) is 16.6 Å². The van der Waals surface area contributed by atoms with Crippen LogP contribution in [0.5, 0.6) is 5.75 Å². The third-order valence-electron chi connectivity index (χ3n) is 2.70. The first kappa shape index (κ1) is 15.9. The largest absolute Gasteiger partial charge is 0.494 e. The number of hydrogen-bond donors (Lipinski definition) is 1. The summed E-state index contributed by atoms with van der Waals surface area (Å²) in [4.78, 5) is 12.1. The molecule has 0 aliphatic carbocycles. The van der Waals surface area contributed by atoms with Gasteiger partial charge >= 0.3 is 5.97 Å². The van der Waals surface area contributed by atoms with Crippen LogP contribution in [-0.2, 0) is 0 Å². The molecule has 0 aliphatic heterocycles. The lowest BCUT2D eigenvalue weighted by Crippen LogP contribution is -2.01. The van der Waals surface area contributed by atoms with E-state index in [2.05, 4.69) is 28.1 Å². The van der Waals surface area contributed by atoms with Crippen LogP contribution in [0.2, 0.25) is 0 Å². The van der Waals surface area contributed by atoms with E-state index in [9.17, 15) is 4.79 Å². The predicted octanol–water partition coefficient (Wildman–Crippen LogP) is 4.71. The van der Waals surface area contributed by atoms with Gasteiger partial charge in [-0.3, -0.25) is 0 Å². The van der Waals surface area contributed by atoms with Crippen molar-refractivity contribution in [2.75, 3.05) is 12.4 Å². The summed E-state index contributed by atoms with van der Waals surface area (Å²) in [6.45, 7) is 0.573. The van der Waals surface area contributed by atoms with Crippen molar-refractivity contribution in [2.45, 2.75) is 11.3 Å². The topological polar surface area (TPSA) is 46.5 Å². The van der Waals surface area contributed by atoms with E-state index in [1.807, 2.05) is 12.1 Å². The molecule has 0 aromatic heterocycles. The van der Waals surface area contributed by atoms with E-state index >= 15 is 0 Å². The first-order chi connectivity index (χ1) is 10.1. The van der Waals surface area contributed by atoms with Crippen molar-refractivity contribution in [1.29, 1.82) is 0 Å². The van der Waals surface area contributed by atoms with Crippen molar-refractivity contribution in [3.8, 4) is 5.75 Å². The Morgan fingerprint density at radius 1 is 1.19 bits per heavy atom. The molecule has 1 N–H and O–H groups in total. The van der Waals surface area contributed by atoms with Crippen molar-refractivity contribution in [1.82, 2.24) is 0 Å². The van der Waals surface area contributed by atoms with E-state index in [-0.39, 0.29) is 5.56 Å². The quantitative estimate of drug-likeness (QED) is 0.569. The molecular weight excluding hydrogens is 352 g/mol. The molecule has 0 heterocycles. The maximum atomic E-state index is 10.9. The second kappa shape index (κ2) is 8.10. The highest BCUT2D eigenvalue weighted by molar-refractivity contribution is 9.10. The van der Waals surface area contributed by atoms with Crippen LogP contribution in [0.25, 0.3) is 0 Å². The molecule has 21 heavy (non-hydrogen) atoms. The van der Waals surface area contributed by atoms with Gasteiger partial charge in [0, 0.05) is 15.1 Å². The third-order valence-corrected chi connectivity index (χ3v) is 4.28. The van der Waals surface area contributed by atoms with Gasteiger partial charge in [-0.05, 0) is 42.8 Å². The molecule has 0 saturated carbocycles. The molecule has 0 unspecified atom stereocenters. The van der Waals surface area contributed by atoms with Gasteiger partial charge in [0.25, 0.3) is 0 Å². The molecule has 0 aliphatic rings. The summed E-state index contributed by atoms with van der Waals surface area (Å²) in [7, 11) is 0. The summed E-state index contributed by atoms with van der Waals surface area (Å²) in [6, 6.07) is 14.7. The third kappa shape index (κ3) is 5.44. The van der Waals surface area contributed by atoms with Gasteiger partial charge in [-0.2, -0.15) is 0 Å². The van der Waals surface area contributed by atoms with Gasteiger partial charge < -0.3 is 9.84 Å². The molecule has 0 amide bonds. The molecular formula is C16H15BrO3S. The van der Waals surface area contributed by atoms with E-state index in [1.54, 1.807) is 36.0 Å². The molecule has 5 heteroatoms. The molecule has 2 aromatic rings. The molecule has 0 radical (unpaired) electrons. The Morgan fingerprint density at radius 2 is 2.00 bits per heavy atom. The molecule has 0 spiro atoms. The molecule has 2 aromatic carbocycles. The van der Waals surface area contributed by atoms with Crippen LogP contribution in [0, 0.1) is 0 Å². The zero-order valence-electron chi connectivity index (χ0n) is 11.3. The number of carboxylic acids is 1. The fourth-order valence-corrected chi connectivity index (χ4v) is 3.15. The average molecular weight is 367 g/mol. The number of carbonyl (C=O) groups is 1. The lowest BCUT2D eigenvalue weighted by Gasteiger charge is -2.07. The Kier molecular flexibility index (Phi) is 6.14. The zero-order valence-corrected chi connectivity index (χ0v) is 13.7. The minimum atomic E-state index is -0.939. The number of benzene rings is 2. The van der Waals surface area contributed by atoms with E-state index in [0.29, 0.717) is 12.4 Å². The maximum absolute atomic E-state index is 10.9. The number of rotatable bonds is 7. The first-order valence-electron chi connectivity index (χ1n) is 6.50. The summed E-state index contributed by atoms with van der Waals surface area (Å²) < 4.78 is 6.65. The first-order valence-corrected chi connectivity index (χ1v) is 8.27. The number of carboxylic acid groups (broad SMARTS) is 1. The van der Waals surface area contributed by atoms with Crippen LogP contribution in [0.3, 0.4) is 0 Å². The highest BCUT2D eigenvalue weighted by Crippen LogP contribution is 2.22. The van der Waals surface area contributed by atoms with E-state index < -0.39 is 5.97 Å². The minimum Gasteiger partial charge on any atom is -0.494 e. The van der Waals surface area contributed by atoms with Crippen LogP contribution in [-0.4, -0.2) is 23.4 Å². The summed E-state index contributed by atoms with van der Waals surface area (Å²) in [5.41, 5.74) is 0.246. The average Bonchev–Trinajstić information content (AvgIpc) is 2.47. The molecule has 110 valence electrons. The summed E-state index contributed by atoms with van der Waals surface area (Å²) in [5.74, 6) is 0.614. The predicted molar refractivity (Wildman–Crippen MR) is 88.4 cm³/mol. The molecule has 0 saturated heterocycles. The van der Waals surface area contributed by atoms with Crippen molar-refractivity contribution < 1.29 is 14.6 Å². The maximum Gasteiger partial charge on any atom is 0.335 e. The van der Waals surface area contributed by atoms with Crippen molar-refractivity contribution >= 4 is 33.7 Å². The van der Waals surface area contributed by atoms with Crippen LogP contribution in [0.15, 0.2) is 57.9 Å². The Morgan fingerprint density at radius 3 is 2.76 bits per heavy atom. The molecule has 3 nitrogen and oxygen atoms in total. The van der Waals surface area contributed by atoms with Gasteiger partial charge in [0.15, 0.2) is 0 Å². The monoisotopic (exact) mass is 366 g/mol. The van der Waals surface area contributed by atoms with Crippen molar-refractivity contribution in [3.63, 3.8) is 0 Å². The van der Waals surface area contributed by atoms with Gasteiger partial charge in [-0.1, -0.05) is 28.1 Å². The fourth-order valence-electron chi connectivity index (χ4n) is 1.71. The fraction of sp³-hybridized carbons (Fsp3) is 0.188. The second-order valence-electron chi connectivity index (χ2n) is 4.34. The normalized spacial score (nSPS) is 10.3. The van der Waals surface area contributed by atoms with Gasteiger partial charge in [0.2, 0.25) is 0 Å². The zero-order chi connectivity index (χ0) is 15.1. The van der Waals surface area contributed by atoms with Crippen LogP contribution in [0.1, 0.15) is 16.8 Å². The SMILES string of the molecule is O=C(O)c1cccc(OCCCSc2cccc(Br)c2)c1. The molecule has 0 bridgehead atoms. The summed E-state index contributed by atoms with van der Waals surface area (Å²) >= 11 is 5.22. The highest BCUT2D eigenvalue weighted by Gasteiger charge is 2.03. The summed E-state index contributed by atoms with van der Waals surface area (Å²) in [5, 5.41) is 8.90. The van der Waals surface area contributed by atoms with Gasteiger partial charge in [0.05, 0.1) is 12.2 Å². The lowest BCUT2D eigenvalue weighted by atomic mass is 10.2. The number of thioether (sulfide) groups is 1. The van der Waals surface area contributed by atoms with Crippen LogP contribution < -0.4 is 4.74 Å². The van der Waals surface area contributed by atoms with Crippen molar-refractivity contribution in [3.05, 3.63) is 58.6 Å². The van der Waals surface area contributed by atoms with Gasteiger partial charge in [0.1, 0.15) is 5.75 Å².